The number of hydrogen-bond acceptors (Lipinski definition) is 1. The highest BCUT2D eigenvalue weighted by atomic mass is 35.5. The van der Waals surface area contributed by atoms with Gasteiger partial charge in [-0.1, -0.05) is 49.7 Å². The van der Waals surface area contributed by atoms with Crippen LogP contribution < -0.4 is 5.32 Å². The molecular formula is C18H21ClFN. The van der Waals surface area contributed by atoms with Gasteiger partial charge in [0.2, 0.25) is 0 Å². The molecule has 2 aromatic carbocycles. The van der Waals surface area contributed by atoms with E-state index < -0.39 is 0 Å². The first kappa shape index (κ1) is 16.0. The van der Waals surface area contributed by atoms with Gasteiger partial charge in [-0.05, 0) is 48.2 Å². The summed E-state index contributed by atoms with van der Waals surface area (Å²) >= 11 is 5.93. The predicted molar refractivity (Wildman–Crippen MR) is 87.0 cm³/mol. The van der Waals surface area contributed by atoms with Crippen LogP contribution in [0.2, 0.25) is 5.02 Å². The average molecular weight is 306 g/mol. The van der Waals surface area contributed by atoms with Gasteiger partial charge in [0, 0.05) is 17.1 Å². The quantitative estimate of drug-likeness (QED) is 0.766. The van der Waals surface area contributed by atoms with Gasteiger partial charge in [0.05, 0.1) is 0 Å². The molecule has 0 aromatic heterocycles. The summed E-state index contributed by atoms with van der Waals surface area (Å²) in [4.78, 5) is 0. The molecule has 2 rings (SSSR count). The van der Waals surface area contributed by atoms with E-state index in [-0.39, 0.29) is 17.9 Å². The Labute approximate surface area is 131 Å². The Bertz CT molecular complexity index is 563. The average Bonchev–Trinajstić information content (AvgIpc) is 2.46. The van der Waals surface area contributed by atoms with Crippen LogP contribution in [0.5, 0.6) is 0 Å². The molecule has 0 heterocycles. The Kier molecular flexibility index (Phi) is 5.38. The molecule has 21 heavy (non-hydrogen) atoms. The minimum Gasteiger partial charge on any atom is -0.303 e. The molecule has 2 aromatic rings. The van der Waals surface area contributed by atoms with Crippen LogP contribution in [0.15, 0.2) is 48.5 Å². The fraction of sp³-hybridized carbons (Fsp3) is 0.333. The third-order valence-electron chi connectivity index (χ3n) is 3.70. The van der Waals surface area contributed by atoms with Gasteiger partial charge >= 0.3 is 0 Å². The number of hydrogen-bond donors (Lipinski definition) is 1. The summed E-state index contributed by atoms with van der Waals surface area (Å²) in [5, 5.41) is 4.36. The van der Waals surface area contributed by atoms with Crippen LogP contribution >= 0.6 is 11.6 Å². The molecule has 0 amide bonds. The van der Waals surface area contributed by atoms with Crippen LogP contribution in [0.1, 0.15) is 44.0 Å². The summed E-state index contributed by atoms with van der Waals surface area (Å²) in [7, 11) is 0. The Hall–Kier alpha value is -1.38. The Balaban J connectivity index is 2.16. The molecule has 1 N–H and O–H groups in total. The minimum absolute atomic E-state index is 0.177. The molecule has 0 fully saturated rings. The zero-order valence-corrected chi connectivity index (χ0v) is 13.4. The highest BCUT2D eigenvalue weighted by molar-refractivity contribution is 6.30. The number of benzene rings is 2. The molecule has 0 aliphatic carbocycles. The fourth-order valence-electron chi connectivity index (χ4n) is 2.46. The SMILES string of the molecule is CC(NC(c1ccc(F)cc1)C(C)C)c1ccc(Cl)cc1. The van der Waals surface area contributed by atoms with Gasteiger partial charge in [-0.25, -0.2) is 4.39 Å². The van der Waals surface area contributed by atoms with E-state index in [2.05, 4.69) is 26.1 Å². The van der Waals surface area contributed by atoms with Crippen molar-refractivity contribution < 1.29 is 4.39 Å². The molecule has 1 nitrogen and oxygen atoms in total. The van der Waals surface area contributed by atoms with E-state index in [1.807, 2.05) is 36.4 Å². The van der Waals surface area contributed by atoms with E-state index >= 15 is 0 Å². The largest absolute Gasteiger partial charge is 0.303 e. The van der Waals surface area contributed by atoms with Crippen molar-refractivity contribution in [1.29, 1.82) is 0 Å². The summed E-state index contributed by atoms with van der Waals surface area (Å²) in [6.45, 7) is 6.45. The van der Waals surface area contributed by atoms with Gasteiger partial charge in [0.15, 0.2) is 0 Å². The van der Waals surface area contributed by atoms with Crippen molar-refractivity contribution >= 4 is 11.6 Å². The predicted octanol–water partition coefficient (Wildman–Crippen LogP) is 5.53. The van der Waals surface area contributed by atoms with Crippen LogP contribution in [-0.2, 0) is 0 Å². The van der Waals surface area contributed by atoms with Crippen LogP contribution in [0.25, 0.3) is 0 Å². The van der Waals surface area contributed by atoms with Gasteiger partial charge < -0.3 is 5.32 Å². The van der Waals surface area contributed by atoms with Gasteiger partial charge in [-0.3, -0.25) is 0 Å². The monoisotopic (exact) mass is 305 g/mol. The molecule has 2 atom stereocenters. The van der Waals surface area contributed by atoms with E-state index in [0.717, 1.165) is 10.6 Å². The lowest BCUT2D eigenvalue weighted by Gasteiger charge is -2.27. The van der Waals surface area contributed by atoms with Gasteiger partial charge in [0.1, 0.15) is 5.82 Å². The van der Waals surface area contributed by atoms with Crippen molar-refractivity contribution in [1.82, 2.24) is 5.32 Å². The van der Waals surface area contributed by atoms with E-state index in [9.17, 15) is 4.39 Å². The van der Waals surface area contributed by atoms with Crippen molar-refractivity contribution in [2.75, 3.05) is 0 Å². The third-order valence-corrected chi connectivity index (χ3v) is 3.95. The molecule has 0 bridgehead atoms. The molecule has 0 radical (unpaired) electrons. The van der Waals surface area contributed by atoms with Crippen LogP contribution in [0.4, 0.5) is 4.39 Å². The van der Waals surface area contributed by atoms with Crippen molar-refractivity contribution in [3.63, 3.8) is 0 Å². The molecule has 0 saturated heterocycles. The second kappa shape index (κ2) is 7.06. The molecule has 2 unspecified atom stereocenters. The summed E-state index contributed by atoms with van der Waals surface area (Å²) in [6, 6.07) is 15.0. The molecular weight excluding hydrogens is 285 g/mol. The zero-order valence-electron chi connectivity index (χ0n) is 12.6. The maximum Gasteiger partial charge on any atom is 0.123 e. The topological polar surface area (TPSA) is 12.0 Å². The fourth-order valence-corrected chi connectivity index (χ4v) is 2.59. The molecule has 0 spiro atoms. The highest BCUT2D eigenvalue weighted by Gasteiger charge is 2.18. The van der Waals surface area contributed by atoms with Crippen molar-refractivity contribution in [2.45, 2.75) is 32.9 Å². The van der Waals surface area contributed by atoms with Gasteiger partial charge in [-0.15, -0.1) is 0 Å². The summed E-state index contributed by atoms with van der Waals surface area (Å²) in [6.07, 6.45) is 0. The summed E-state index contributed by atoms with van der Waals surface area (Å²) in [5.41, 5.74) is 2.29. The minimum atomic E-state index is -0.202. The summed E-state index contributed by atoms with van der Waals surface area (Å²) in [5.74, 6) is 0.206. The van der Waals surface area contributed by atoms with Crippen LogP contribution in [0.3, 0.4) is 0 Å². The second-order valence-electron chi connectivity index (χ2n) is 5.71. The highest BCUT2D eigenvalue weighted by Crippen LogP contribution is 2.26. The lowest BCUT2D eigenvalue weighted by molar-refractivity contribution is 0.374. The maximum atomic E-state index is 13.1. The normalized spacial score (nSPS) is 14.2. The van der Waals surface area contributed by atoms with Crippen molar-refractivity contribution in [3.8, 4) is 0 Å². The molecule has 0 saturated carbocycles. The standard InChI is InChI=1S/C18H21ClFN/c1-12(2)18(15-6-10-17(20)11-7-15)21-13(3)14-4-8-16(19)9-5-14/h4-13,18,21H,1-3H3. The summed E-state index contributed by atoms with van der Waals surface area (Å²) < 4.78 is 13.1. The first-order valence-corrected chi connectivity index (χ1v) is 7.62. The lowest BCUT2D eigenvalue weighted by atomic mass is 9.94. The Morgan fingerprint density at radius 3 is 1.90 bits per heavy atom. The number of nitrogens with one attached hydrogen (secondary N) is 1. The smallest absolute Gasteiger partial charge is 0.123 e. The number of halogens is 2. The zero-order chi connectivity index (χ0) is 15.4. The first-order chi connectivity index (χ1) is 9.97. The molecule has 3 heteroatoms. The molecule has 112 valence electrons. The van der Waals surface area contributed by atoms with E-state index in [4.69, 9.17) is 11.6 Å². The van der Waals surface area contributed by atoms with Crippen molar-refractivity contribution in [2.24, 2.45) is 5.92 Å². The molecule has 0 aliphatic rings. The lowest BCUT2D eigenvalue weighted by Crippen LogP contribution is -2.28. The van der Waals surface area contributed by atoms with Crippen LogP contribution in [-0.4, -0.2) is 0 Å². The Morgan fingerprint density at radius 1 is 0.857 bits per heavy atom. The van der Waals surface area contributed by atoms with E-state index in [0.29, 0.717) is 5.92 Å². The Morgan fingerprint density at radius 2 is 1.38 bits per heavy atom. The maximum absolute atomic E-state index is 13.1. The van der Waals surface area contributed by atoms with Gasteiger partial charge in [-0.2, -0.15) is 0 Å². The number of rotatable bonds is 5. The van der Waals surface area contributed by atoms with Gasteiger partial charge in [0.25, 0.3) is 0 Å². The van der Waals surface area contributed by atoms with E-state index in [1.54, 1.807) is 0 Å². The van der Waals surface area contributed by atoms with Crippen molar-refractivity contribution in [3.05, 3.63) is 70.5 Å². The van der Waals surface area contributed by atoms with Crippen LogP contribution in [0, 0.1) is 11.7 Å². The molecule has 0 aliphatic heterocycles. The second-order valence-corrected chi connectivity index (χ2v) is 6.15. The first-order valence-electron chi connectivity index (χ1n) is 7.24. The van der Waals surface area contributed by atoms with E-state index in [1.165, 1.54) is 17.7 Å². The third kappa shape index (κ3) is 4.29.